The van der Waals surface area contributed by atoms with Crippen LogP contribution in [0, 0.1) is 0 Å². The van der Waals surface area contributed by atoms with Crippen molar-refractivity contribution in [3.05, 3.63) is 29.8 Å². The molecule has 0 bridgehead atoms. The Morgan fingerprint density at radius 1 is 1.32 bits per heavy atom. The molecule has 0 radical (unpaired) electrons. The van der Waals surface area contributed by atoms with E-state index in [-0.39, 0.29) is 11.0 Å². The van der Waals surface area contributed by atoms with E-state index in [1.165, 1.54) is 16.4 Å². The van der Waals surface area contributed by atoms with Crippen molar-refractivity contribution in [3.8, 4) is 0 Å². The molecule has 0 aliphatic rings. The second-order valence-corrected chi connectivity index (χ2v) is 7.72. The highest BCUT2D eigenvalue weighted by atomic mass is 32.2. The first-order valence-electron chi connectivity index (χ1n) is 6.27. The van der Waals surface area contributed by atoms with E-state index >= 15 is 0 Å². The highest BCUT2D eigenvalue weighted by molar-refractivity contribution is 8.00. The highest BCUT2D eigenvalue weighted by Gasteiger charge is 2.19. The molecular weight excluding hydrogens is 326 g/mol. The number of Topliss-reactive ketones (excluding diaryl/α,β-unsaturated/α-hetero) is 1. The van der Waals surface area contributed by atoms with Crippen molar-refractivity contribution in [2.75, 3.05) is 11.0 Å². The van der Waals surface area contributed by atoms with E-state index in [1.807, 2.05) is 0 Å². The summed E-state index contributed by atoms with van der Waals surface area (Å²) >= 11 is 1.26. The summed E-state index contributed by atoms with van der Waals surface area (Å²) in [5, 5.41) is 11.2. The molecule has 1 N–H and O–H groups in total. The zero-order chi connectivity index (χ0) is 16.3. The maximum absolute atomic E-state index is 12.3. The number of hydrogen-bond donors (Lipinski definition) is 1. The van der Waals surface area contributed by atoms with Gasteiger partial charge in [0.15, 0.2) is 5.78 Å². The number of hydrogen-bond acceptors (Lipinski definition) is 7. The largest absolute Gasteiger partial charge is 0.293 e. The molecule has 1 aromatic heterocycles. The normalized spacial score (nSPS) is 12.9. The summed E-state index contributed by atoms with van der Waals surface area (Å²) in [7, 11) is -1.63. The Balaban J connectivity index is 2.07. The van der Waals surface area contributed by atoms with Crippen LogP contribution in [-0.4, -0.2) is 45.9 Å². The molecule has 1 aromatic carbocycles. The van der Waals surface area contributed by atoms with Crippen LogP contribution in [0.25, 0.3) is 0 Å². The summed E-state index contributed by atoms with van der Waals surface area (Å²) in [6.07, 6.45) is 1.07. The summed E-state index contributed by atoms with van der Waals surface area (Å²) < 4.78 is 26.1. The Bertz CT molecular complexity index is 770. The standard InChI is InChI=1S/C12H15N5O3S2/c1-8(21-12-13-15-16-17(12)2)11(18)9-4-6-10(7-5-9)14-22(3,19)20/h4-8,14H,1-3H3/t8-/m1/s1. The van der Waals surface area contributed by atoms with E-state index in [2.05, 4.69) is 20.2 Å². The number of sulfonamides is 1. The van der Waals surface area contributed by atoms with Crippen molar-refractivity contribution in [1.29, 1.82) is 0 Å². The van der Waals surface area contributed by atoms with Gasteiger partial charge in [0.05, 0.1) is 11.5 Å². The van der Waals surface area contributed by atoms with Gasteiger partial charge in [0, 0.05) is 18.3 Å². The SMILES string of the molecule is C[C@@H](Sc1nnnn1C)C(=O)c1ccc(NS(C)(=O)=O)cc1. The van der Waals surface area contributed by atoms with Gasteiger partial charge >= 0.3 is 0 Å². The van der Waals surface area contributed by atoms with Gasteiger partial charge in [-0.25, -0.2) is 13.1 Å². The van der Waals surface area contributed by atoms with Crippen LogP contribution in [-0.2, 0) is 17.1 Å². The third-order valence-corrected chi connectivity index (χ3v) is 4.44. The second-order valence-electron chi connectivity index (χ2n) is 4.66. The van der Waals surface area contributed by atoms with Crippen LogP contribution in [0.15, 0.2) is 29.4 Å². The number of anilines is 1. The van der Waals surface area contributed by atoms with Crippen LogP contribution in [0.5, 0.6) is 0 Å². The number of nitrogens with zero attached hydrogens (tertiary/aromatic N) is 4. The van der Waals surface area contributed by atoms with Gasteiger partial charge < -0.3 is 0 Å². The Labute approximate surface area is 132 Å². The van der Waals surface area contributed by atoms with Gasteiger partial charge in [0.2, 0.25) is 15.2 Å². The van der Waals surface area contributed by atoms with E-state index in [0.717, 1.165) is 6.26 Å². The Morgan fingerprint density at radius 3 is 2.45 bits per heavy atom. The minimum atomic E-state index is -3.33. The molecule has 0 aliphatic heterocycles. The van der Waals surface area contributed by atoms with E-state index in [9.17, 15) is 13.2 Å². The van der Waals surface area contributed by atoms with E-state index in [0.29, 0.717) is 16.4 Å². The fourth-order valence-corrected chi connectivity index (χ4v) is 3.08. The molecule has 2 rings (SSSR count). The molecule has 2 aromatic rings. The second kappa shape index (κ2) is 6.44. The number of thioether (sulfide) groups is 1. The van der Waals surface area contributed by atoms with Crippen LogP contribution >= 0.6 is 11.8 Å². The summed E-state index contributed by atoms with van der Waals surface area (Å²) in [5.74, 6) is -0.0843. The van der Waals surface area contributed by atoms with Crippen molar-refractivity contribution in [2.24, 2.45) is 7.05 Å². The quantitative estimate of drug-likeness (QED) is 0.615. The molecule has 1 heterocycles. The monoisotopic (exact) mass is 341 g/mol. The molecule has 118 valence electrons. The molecule has 0 unspecified atom stereocenters. The van der Waals surface area contributed by atoms with Gasteiger partial charge in [0.1, 0.15) is 0 Å². The van der Waals surface area contributed by atoms with Crippen LogP contribution in [0.4, 0.5) is 5.69 Å². The first-order chi connectivity index (χ1) is 10.3. The lowest BCUT2D eigenvalue weighted by molar-refractivity contribution is 0.0994. The van der Waals surface area contributed by atoms with E-state index in [1.54, 1.807) is 38.2 Å². The van der Waals surface area contributed by atoms with Crippen LogP contribution < -0.4 is 4.72 Å². The van der Waals surface area contributed by atoms with Crippen LogP contribution in [0.1, 0.15) is 17.3 Å². The number of aromatic nitrogens is 4. The Morgan fingerprint density at radius 2 is 1.95 bits per heavy atom. The average molecular weight is 341 g/mol. The van der Waals surface area contributed by atoms with Gasteiger partial charge in [-0.1, -0.05) is 11.8 Å². The lowest BCUT2D eigenvalue weighted by atomic mass is 10.1. The van der Waals surface area contributed by atoms with Gasteiger partial charge in [0.25, 0.3) is 0 Å². The number of tetrazole rings is 1. The predicted molar refractivity (Wildman–Crippen MR) is 83.4 cm³/mol. The zero-order valence-corrected chi connectivity index (χ0v) is 13.8. The molecule has 0 saturated heterocycles. The van der Waals surface area contributed by atoms with Crippen molar-refractivity contribution in [3.63, 3.8) is 0 Å². The molecular formula is C12H15N5O3S2. The average Bonchev–Trinajstić information content (AvgIpc) is 2.82. The smallest absolute Gasteiger partial charge is 0.229 e. The summed E-state index contributed by atoms with van der Waals surface area (Å²) in [5.41, 5.74) is 0.908. The minimum absolute atomic E-state index is 0.0843. The zero-order valence-electron chi connectivity index (χ0n) is 12.2. The Kier molecular flexibility index (Phi) is 4.81. The lowest BCUT2D eigenvalue weighted by Crippen LogP contribution is -2.15. The molecule has 10 heteroatoms. The van der Waals surface area contributed by atoms with Gasteiger partial charge in [-0.05, 0) is 41.6 Å². The molecule has 0 saturated carbocycles. The maximum Gasteiger partial charge on any atom is 0.229 e. The fraction of sp³-hybridized carbons (Fsp3) is 0.333. The van der Waals surface area contributed by atoms with E-state index in [4.69, 9.17) is 0 Å². The number of nitrogens with one attached hydrogen (secondary N) is 1. The topological polar surface area (TPSA) is 107 Å². The first kappa shape index (κ1) is 16.4. The van der Waals surface area contributed by atoms with Crippen LogP contribution in [0.3, 0.4) is 0 Å². The fourth-order valence-electron chi connectivity index (χ4n) is 1.68. The van der Waals surface area contributed by atoms with Crippen molar-refractivity contribution >= 4 is 33.3 Å². The molecule has 0 aliphatic carbocycles. The molecule has 0 fully saturated rings. The van der Waals surface area contributed by atoms with Gasteiger partial charge in [-0.15, -0.1) is 5.10 Å². The number of benzene rings is 1. The third-order valence-electron chi connectivity index (χ3n) is 2.71. The number of aryl methyl sites for hydroxylation is 1. The maximum atomic E-state index is 12.3. The van der Waals surface area contributed by atoms with Crippen molar-refractivity contribution < 1.29 is 13.2 Å². The van der Waals surface area contributed by atoms with E-state index < -0.39 is 10.0 Å². The summed E-state index contributed by atoms with van der Waals surface area (Å²) in [4.78, 5) is 12.3. The number of carbonyl (C=O) groups excluding carboxylic acids is 1. The molecule has 22 heavy (non-hydrogen) atoms. The highest BCUT2D eigenvalue weighted by Crippen LogP contribution is 2.23. The number of rotatable bonds is 6. The van der Waals surface area contributed by atoms with Gasteiger partial charge in [-0.3, -0.25) is 9.52 Å². The molecule has 0 spiro atoms. The van der Waals surface area contributed by atoms with Gasteiger partial charge in [-0.2, -0.15) is 0 Å². The number of carbonyl (C=O) groups is 1. The lowest BCUT2D eigenvalue weighted by Gasteiger charge is -2.10. The van der Waals surface area contributed by atoms with Crippen LogP contribution in [0.2, 0.25) is 0 Å². The number of ketones is 1. The Hall–Kier alpha value is -1.94. The molecule has 0 amide bonds. The molecule has 1 atom stereocenters. The van der Waals surface area contributed by atoms with Crippen molar-refractivity contribution in [2.45, 2.75) is 17.3 Å². The summed E-state index contributed by atoms with van der Waals surface area (Å²) in [6, 6.07) is 6.27. The minimum Gasteiger partial charge on any atom is -0.293 e. The first-order valence-corrected chi connectivity index (χ1v) is 9.04. The predicted octanol–water partition coefficient (Wildman–Crippen LogP) is 0.945. The van der Waals surface area contributed by atoms with Crippen molar-refractivity contribution in [1.82, 2.24) is 20.2 Å². The summed E-state index contributed by atoms with van der Waals surface area (Å²) in [6.45, 7) is 1.77. The third kappa shape index (κ3) is 4.28. The molecule has 8 nitrogen and oxygen atoms in total.